The largest absolute Gasteiger partial charge is 0.387 e. The summed E-state index contributed by atoms with van der Waals surface area (Å²) in [6, 6.07) is 12.5. The smallest absolute Gasteiger partial charge is 0.255 e. The van der Waals surface area contributed by atoms with E-state index in [9.17, 15) is 19.2 Å². The van der Waals surface area contributed by atoms with E-state index in [1.54, 1.807) is 18.5 Å². The second-order valence-electron chi connectivity index (χ2n) is 10.6. The molecule has 208 valence electrons. The summed E-state index contributed by atoms with van der Waals surface area (Å²) in [6.07, 6.45) is 6.43. The summed E-state index contributed by atoms with van der Waals surface area (Å²) in [5, 5.41) is 16.4. The number of amides is 4. The van der Waals surface area contributed by atoms with Crippen LogP contribution in [0.25, 0.3) is 16.6 Å². The zero-order chi connectivity index (χ0) is 28.5. The maximum Gasteiger partial charge on any atom is 0.255 e. The van der Waals surface area contributed by atoms with Crippen LogP contribution in [0.4, 0.5) is 0 Å². The summed E-state index contributed by atoms with van der Waals surface area (Å²) in [5.74, 6) is -0.830. The molecule has 2 aromatic carbocycles. The van der Waals surface area contributed by atoms with Crippen molar-refractivity contribution in [3.05, 3.63) is 77.2 Å². The molecule has 1 aliphatic carbocycles. The Morgan fingerprint density at radius 2 is 1.98 bits per heavy atom. The second-order valence-corrected chi connectivity index (χ2v) is 10.6. The third-order valence-corrected chi connectivity index (χ3v) is 7.80. The fourth-order valence-electron chi connectivity index (χ4n) is 5.41. The lowest BCUT2D eigenvalue weighted by Gasteiger charge is -2.29. The van der Waals surface area contributed by atoms with E-state index in [1.165, 1.54) is 11.1 Å². The van der Waals surface area contributed by atoms with Gasteiger partial charge in [-0.05, 0) is 48.1 Å². The first-order valence-electron chi connectivity index (χ1n) is 13.6. The van der Waals surface area contributed by atoms with Crippen LogP contribution < -0.4 is 16.0 Å². The summed E-state index contributed by atoms with van der Waals surface area (Å²) in [6.45, 7) is 0.635. The molecule has 3 heterocycles. The maximum absolute atomic E-state index is 12.9. The average Bonchev–Trinajstić information content (AvgIpc) is 3.63. The predicted molar refractivity (Wildman–Crippen MR) is 150 cm³/mol. The molecule has 4 N–H and O–H groups in total. The summed E-state index contributed by atoms with van der Waals surface area (Å²) in [4.78, 5) is 59.7. The van der Waals surface area contributed by atoms with Crippen LogP contribution in [0.2, 0.25) is 0 Å². The van der Waals surface area contributed by atoms with Crippen molar-refractivity contribution in [2.75, 3.05) is 0 Å². The van der Waals surface area contributed by atoms with Gasteiger partial charge in [0.1, 0.15) is 6.04 Å². The fourth-order valence-corrected chi connectivity index (χ4v) is 5.41. The van der Waals surface area contributed by atoms with E-state index in [0.29, 0.717) is 42.8 Å². The quantitative estimate of drug-likeness (QED) is 0.234. The highest BCUT2D eigenvalue weighted by atomic mass is 16.2. The number of hydrogen-bond acceptors (Lipinski definition) is 8. The Bertz CT molecular complexity index is 1620. The van der Waals surface area contributed by atoms with Gasteiger partial charge in [-0.1, -0.05) is 24.3 Å². The lowest BCUT2D eigenvalue weighted by atomic mass is 10.0. The number of aromatic nitrogens is 2. The molecular formula is C30H29N7O4. The van der Waals surface area contributed by atoms with E-state index in [0.717, 1.165) is 28.6 Å². The number of allylic oxidation sites excluding steroid dienone is 1. The highest BCUT2D eigenvalue weighted by Gasteiger charge is 2.39. The Labute approximate surface area is 235 Å². The molecule has 6 rings (SSSR count). The molecular weight excluding hydrogens is 522 g/mol. The molecule has 0 radical (unpaired) electrons. The number of nitrogens with one attached hydrogen (secondary N) is 4. The first kappa shape index (κ1) is 26.3. The van der Waals surface area contributed by atoms with Crippen LogP contribution in [0.3, 0.4) is 0 Å². The SMILES string of the molecule is N=C/C(=C\NC1CC1CC(=O)NCc1ccc2c(c1)CN(C1CCC(=O)NC1=O)C2=O)c1cnc2ccccc2n1. The molecule has 1 aromatic heterocycles. The van der Waals surface area contributed by atoms with Crippen LogP contribution in [-0.2, 0) is 27.5 Å². The third-order valence-electron chi connectivity index (χ3n) is 7.80. The van der Waals surface area contributed by atoms with Crippen molar-refractivity contribution in [2.45, 2.75) is 50.9 Å². The van der Waals surface area contributed by atoms with Crippen molar-refractivity contribution >= 4 is 46.4 Å². The van der Waals surface area contributed by atoms with Crippen LogP contribution in [0.15, 0.2) is 54.9 Å². The van der Waals surface area contributed by atoms with Crippen molar-refractivity contribution in [3.63, 3.8) is 0 Å². The van der Waals surface area contributed by atoms with Crippen LogP contribution >= 0.6 is 0 Å². The minimum absolute atomic E-state index is 0.0577. The number of benzene rings is 2. The Balaban J connectivity index is 0.990. The van der Waals surface area contributed by atoms with Gasteiger partial charge in [0, 0.05) is 55.5 Å². The van der Waals surface area contributed by atoms with Crippen molar-refractivity contribution in [1.82, 2.24) is 30.8 Å². The Kier molecular flexibility index (Phi) is 7.00. The molecule has 0 spiro atoms. The maximum atomic E-state index is 12.9. The monoisotopic (exact) mass is 551 g/mol. The minimum atomic E-state index is -0.652. The molecule has 1 saturated heterocycles. The van der Waals surface area contributed by atoms with Crippen LogP contribution in [-0.4, -0.2) is 56.8 Å². The molecule has 3 aliphatic rings. The first-order chi connectivity index (χ1) is 19.9. The summed E-state index contributed by atoms with van der Waals surface area (Å²) >= 11 is 0. The van der Waals surface area contributed by atoms with E-state index in [2.05, 4.69) is 25.9 Å². The highest BCUT2D eigenvalue weighted by molar-refractivity contribution is 6.07. The zero-order valence-corrected chi connectivity index (χ0v) is 22.2. The van der Waals surface area contributed by atoms with E-state index in [4.69, 9.17) is 5.41 Å². The van der Waals surface area contributed by atoms with Crippen molar-refractivity contribution < 1.29 is 19.2 Å². The van der Waals surface area contributed by atoms with Gasteiger partial charge in [-0.25, -0.2) is 4.98 Å². The van der Waals surface area contributed by atoms with Gasteiger partial charge in [-0.15, -0.1) is 0 Å². The Morgan fingerprint density at radius 1 is 1.15 bits per heavy atom. The van der Waals surface area contributed by atoms with Gasteiger partial charge in [0.2, 0.25) is 17.7 Å². The minimum Gasteiger partial charge on any atom is -0.387 e. The fraction of sp³-hybridized carbons (Fsp3) is 0.300. The Morgan fingerprint density at radius 3 is 2.78 bits per heavy atom. The molecule has 3 atom stereocenters. The average molecular weight is 552 g/mol. The van der Waals surface area contributed by atoms with Crippen molar-refractivity contribution in [2.24, 2.45) is 5.92 Å². The predicted octanol–water partition coefficient (Wildman–Crippen LogP) is 2.07. The summed E-state index contributed by atoms with van der Waals surface area (Å²) < 4.78 is 0. The van der Waals surface area contributed by atoms with Gasteiger partial charge in [0.05, 0.1) is 22.9 Å². The molecule has 41 heavy (non-hydrogen) atoms. The number of nitrogens with zero attached hydrogens (tertiary/aromatic N) is 3. The molecule has 1 saturated carbocycles. The van der Waals surface area contributed by atoms with Gasteiger partial charge < -0.3 is 20.9 Å². The summed E-state index contributed by atoms with van der Waals surface area (Å²) in [5.41, 5.74) is 5.01. The molecule has 2 fully saturated rings. The van der Waals surface area contributed by atoms with Crippen molar-refractivity contribution in [1.29, 1.82) is 5.41 Å². The number of piperidine rings is 1. The number of hydrogen-bond donors (Lipinski definition) is 4. The van der Waals surface area contributed by atoms with Gasteiger partial charge in [-0.2, -0.15) is 0 Å². The lowest BCUT2D eigenvalue weighted by Crippen LogP contribution is -2.52. The number of para-hydroxylation sites is 2. The molecule has 2 aliphatic heterocycles. The number of fused-ring (bicyclic) bond motifs is 2. The van der Waals surface area contributed by atoms with Gasteiger partial charge in [-0.3, -0.25) is 29.5 Å². The summed E-state index contributed by atoms with van der Waals surface area (Å²) in [7, 11) is 0. The normalized spacial score (nSPS) is 21.9. The third kappa shape index (κ3) is 5.56. The number of carbonyl (C=O) groups excluding carboxylic acids is 4. The lowest BCUT2D eigenvalue weighted by molar-refractivity contribution is -0.137. The standard InChI is InChI=1S/C30H29N7O4/c31-12-20(25-15-33-22-3-1-2-4-23(22)35-25)14-32-24-10-18(24)11-28(39)34-13-17-5-6-21-19(9-17)16-37(30(21)41)26-7-8-27(38)36-29(26)40/h1-6,9,12,14-15,18,24,26,31-32H,7-8,10-11,13,16H2,(H,34,39)(H,36,38,40)/b20-14+,31-12?. The molecule has 3 aromatic rings. The molecule has 3 unspecified atom stereocenters. The van der Waals surface area contributed by atoms with E-state index in [1.807, 2.05) is 36.4 Å². The van der Waals surface area contributed by atoms with Crippen LogP contribution in [0.1, 0.15) is 52.9 Å². The van der Waals surface area contributed by atoms with Crippen LogP contribution in [0, 0.1) is 11.3 Å². The second kappa shape index (κ2) is 10.9. The topological polar surface area (TPSA) is 157 Å². The van der Waals surface area contributed by atoms with E-state index >= 15 is 0 Å². The molecule has 11 nitrogen and oxygen atoms in total. The highest BCUT2D eigenvalue weighted by Crippen LogP contribution is 2.34. The number of carbonyl (C=O) groups is 4. The van der Waals surface area contributed by atoms with Gasteiger partial charge >= 0.3 is 0 Å². The molecule has 4 amide bonds. The Hall–Kier alpha value is -4.93. The molecule has 11 heteroatoms. The number of imide groups is 1. The van der Waals surface area contributed by atoms with Crippen molar-refractivity contribution in [3.8, 4) is 0 Å². The van der Waals surface area contributed by atoms with Crippen LogP contribution in [0.5, 0.6) is 0 Å². The zero-order valence-electron chi connectivity index (χ0n) is 22.2. The van der Waals surface area contributed by atoms with Gasteiger partial charge in [0.15, 0.2) is 0 Å². The van der Waals surface area contributed by atoms with E-state index in [-0.39, 0.29) is 36.1 Å². The number of rotatable bonds is 9. The molecule has 0 bridgehead atoms. The van der Waals surface area contributed by atoms with E-state index < -0.39 is 11.9 Å². The van der Waals surface area contributed by atoms with Gasteiger partial charge in [0.25, 0.3) is 5.91 Å². The first-order valence-corrected chi connectivity index (χ1v) is 13.6.